The summed E-state index contributed by atoms with van der Waals surface area (Å²) in [5, 5.41) is 2.98. The molecule has 1 aliphatic rings. The second kappa shape index (κ2) is 8.80. The smallest absolute Gasteiger partial charge is 0.270 e. The van der Waals surface area contributed by atoms with E-state index >= 15 is 0 Å². The molecular weight excluding hydrogens is 557 g/mol. The van der Waals surface area contributed by atoms with Gasteiger partial charge in [-0.3, -0.25) is 19.8 Å². The molecule has 2 amide bonds. The van der Waals surface area contributed by atoms with Crippen molar-refractivity contribution in [2.75, 3.05) is 4.90 Å². The van der Waals surface area contributed by atoms with E-state index in [2.05, 4.69) is 57.6 Å². The lowest BCUT2D eigenvalue weighted by Crippen LogP contribution is -2.54. The van der Waals surface area contributed by atoms with Crippen LogP contribution in [0.5, 0.6) is 0 Å². The highest BCUT2D eigenvalue weighted by Gasteiger charge is 2.35. The zero-order chi connectivity index (χ0) is 23.2. The molecule has 32 heavy (non-hydrogen) atoms. The first-order chi connectivity index (χ1) is 15.2. The molecular formula is C24H19ClIN3O2S. The van der Waals surface area contributed by atoms with Gasteiger partial charge in [-0.25, -0.2) is 0 Å². The number of nitrogens with zero attached hydrogens (tertiary/aromatic N) is 2. The Morgan fingerprint density at radius 2 is 1.78 bits per heavy atom. The van der Waals surface area contributed by atoms with E-state index < -0.39 is 11.8 Å². The fourth-order valence-corrected chi connectivity index (χ4v) is 4.59. The maximum atomic E-state index is 13.3. The van der Waals surface area contributed by atoms with Gasteiger partial charge in [-0.15, -0.1) is 0 Å². The third-order valence-electron chi connectivity index (χ3n) is 5.36. The first-order valence-corrected chi connectivity index (χ1v) is 11.7. The average Bonchev–Trinajstić information content (AvgIpc) is 3.01. The molecule has 3 aromatic rings. The van der Waals surface area contributed by atoms with Gasteiger partial charge in [-0.1, -0.05) is 23.7 Å². The van der Waals surface area contributed by atoms with Crippen molar-refractivity contribution in [3.8, 4) is 5.69 Å². The van der Waals surface area contributed by atoms with Crippen molar-refractivity contribution in [3.63, 3.8) is 0 Å². The lowest BCUT2D eigenvalue weighted by molar-refractivity contribution is -0.122. The van der Waals surface area contributed by atoms with Crippen molar-refractivity contribution in [2.24, 2.45) is 0 Å². The number of amides is 2. The Kier molecular flexibility index (Phi) is 6.24. The Hall–Kier alpha value is -2.49. The number of nitrogens with one attached hydrogen (secondary N) is 1. The molecule has 8 heteroatoms. The van der Waals surface area contributed by atoms with Gasteiger partial charge in [0.05, 0.1) is 10.7 Å². The van der Waals surface area contributed by atoms with Crippen LogP contribution in [0.1, 0.15) is 22.5 Å². The summed E-state index contributed by atoms with van der Waals surface area (Å²) >= 11 is 13.9. The second-order valence-electron chi connectivity index (χ2n) is 7.50. The highest BCUT2D eigenvalue weighted by Crippen LogP contribution is 2.30. The van der Waals surface area contributed by atoms with Crippen molar-refractivity contribution < 1.29 is 9.59 Å². The third-order valence-corrected chi connectivity index (χ3v) is 7.18. The van der Waals surface area contributed by atoms with Gasteiger partial charge < -0.3 is 4.57 Å². The van der Waals surface area contributed by atoms with Crippen LogP contribution in [0.4, 0.5) is 5.69 Å². The summed E-state index contributed by atoms with van der Waals surface area (Å²) in [4.78, 5) is 27.2. The zero-order valence-electron chi connectivity index (χ0n) is 17.6. The van der Waals surface area contributed by atoms with Gasteiger partial charge in [0.2, 0.25) is 0 Å². The lowest BCUT2D eigenvalue weighted by atomic mass is 10.1. The van der Waals surface area contributed by atoms with Crippen molar-refractivity contribution in [3.05, 3.63) is 85.2 Å². The molecule has 0 bridgehead atoms. The molecule has 4 rings (SSSR count). The maximum absolute atomic E-state index is 13.3. The third kappa shape index (κ3) is 4.00. The maximum Gasteiger partial charge on any atom is 0.270 e. The van der Waals surface area contributed by atoms with Gasteiger partial charge in [0.1, 0.15) is 5.57 Å². The number of para-hydroxylation sites is 1. The summed E-state index contributed by atoms with van der Waals surface area (Å²) < 4.78 is 3.30. The molecule has 162 valence electrons. The Balaban J connectivity index is 1.78. The van der Waals surface area contributed by atoms with Crippen LogP contribution >= 0.6 is 46.4 Å². The molecule has 0 aliphatic carbocycles. The Labute approximate surface area is 210 Å². The topological polar surface area (TPSA) is 54.3 Å². The number of carbonyl (C=O) groups is 2. The molecule has 0 radical (unpaired) electrons. The van der Waals surface area contributed by atoms with E-state index in [1.807, 2.05) is 19.9 Å². The highest BCUT2D eigenvalue weighted by atomic mass is 127. The number of thiocarbonyl (C=S) groups is 1. The molecule has 1 saturated heterocycles. The Bertz CT molecular complexity index is 1330. The largest absolute Gasteiger partial charge is 0.318 e. The molecule has 2 aromatic carbocycles. The van der Waals surface area contributed by atoms with Crippen molar-refractivity contribution in [1.82, 2.24) is 9.88 Å². The Morgan fingerprint density at radius 1 is 1.06 bits per heavy atom. The molecule has 5 nitrogen and oxygen atoms in total. The fraction of sp³-hybridized carbons (Fsp3) is 0.125. The van der Waals surface area contributed by atoms with Crippen LogP contribution in [0.3, 0.4) is 0 Å². The zero-order valence-corrected chi connectivity index (χ0v) is 21.3. The Morgan fingerprint density at radius 3 is 2.47 bits per heavy atom. The van der Waals surface area contributed by atoms with Crippen molar-refractivity contribution >= 4 is 75.1 Å². The van der Waals surface area contributed by atoms with Gasteiger partial charge >= 0.3 is 0 Å². The molecule has 1 N–H and O–H groups in total. The molecule has 1 aliphatic heterocycles. The molecule has 1 aromatic heterocycles. The minimum Gasteiger partial charge on any atom is -0.318 e. The number of carbonyl (C=O) groups excluding carboxylic acids is 2. The van der Waals surface area contributed by atoms with Crippen LogP contribution in [0.15, 0.2) is 54.1 Å². The number of aromatic nitrogens is 1. The number of aryl methyl sites for hydroxylation is 2. The standard InChI is InChI=1S/C24H19ClIN3O2S/c1-13-10-17(8-9-20(13)26)28-14(2)11-16(15(28)3)12-18-22(30)27-24(32)29(23(18)31)21-7-5-4-6-19(21)25/h4-12H,1-3H3,(H,27,30,32)/b18-12-. The monoisotopic (exact) mass is 575 g/mol. The summed E-state index contributed by atoms with van der Waals surface area (Å²) in [5.74, 6) is -1.04. The van der Waals surface area contributed by atoms with Crippen molar-refractivity contribution in [1.29, 1.82) is 0 Å². The van der Waals surface area contributed by atoms with Crippen molar-refractivity contribution in [2.45, 2.75) is 20.8 Å². The van der Waals surface area contributed by atoms with E-state index in [1.165, 1.54) is 14.0 Å². The van der Waals surface area contributed by atoms with Crippen LogP contribution in [-0.2, 0) is 9.59 Å². The molecule has 0 spiro atoms. The number of halogens is 2. The normalized spacial score (nSPS) is 15.5. The average molecular weight is 576 g/mol. The number of anilines is 1. The molecule has 0 atom stereocenters. The van der Waals surface area contributed by atoms with Gasteiger partial charge in [0, 0.05) is 20.6 Å². The minimum absolute atomic E-state index is 0.00226. The van der Waals surface area contributed by atoms with E-state index in [1.54, 1.807) is 30.3 Å². The van der Waals surface area contributed by atoms with Crippen LogP contribution in [0.25, 0.3) is 11.8 Å². The summed E-state index contributed by atoms with van der Waals surface area (Å²) in [5.41, 5.74) is 5.34. The van der Waals surface area contributed by atoms with E-state index in [9.17, 15) is 9.59 Å². The minimum atomic E-state index is -0.529. The van der Waals surface area contributed by atoms with E-state index in [0.29, 0.717) is 10.7 Å². The number of rotatable bonds is 3. The summed E-state index contributed by atoms with van der Waals surface area (Å²) in [6.45, 7) is 6.03. The molecule has 0 unspecified atom stereocenters. The SMILES string of the molecule is Cc1cc(-n2c(C)cc(/C=C3/C(=O)NC(=S)N(c4ccccc4Cl)C3=O)c2C)ccc1I. The van der Waals surface area contributed by atoms with Crippen LogP contribution in [0.2, 0.25) is 5.02 Å². The van der Waals surface area contributed by atoms with E-state index in [-0.39, 0.29) is 10.7 Å². The number of hydrogen-bond donors (Lipinski definition) is 1. The van der Waals surface area contributed by atoms with Crippen LogP contribution in [-0.4, -0.2) is 21.5 Å². The van der Waals surface area contributed by atoms with E-state index in [4.69, 9.17) is 23.8 Å². The quantitative estimate of drug-likeness (QED) is 0.194. The molecule has 1 fully saturated rings. The van der Waals surface area contributed by atoms with Crippen LogP contribution in [0, 0.1) is 24.3 Å². The van der Waals surface area contributed by atoms with Gasteiger partial charge in [-0.05, 0) is 109 Å². The summed E-state index contributed by atoms with van der Waals surface area (Å²) in [6, 6.07) is 15.1. The lowest BCUT2D eigenvalue weighted by Gasteiger charge is -2.29. The van der Waals surface area contributed by atoms with Crippen LogP contribution < -0.4 is 10.2 Å². The molecule has 0 saturated carbocycles. The summed E-state index contributed by atoms with van der Waals surface area (Å²) in [7, 11) is 0. The van der Waals surface area contributed by atoms with Gasteiger partial charge in [0.25, 0.3) is 11.8 Å². The van der Waals surface area contributed by atoms with Gasteiger partial charge in [-0.2, -0.15) is 0 Å². The predicted molar refractivity (Wildman–Crippen MR) is 140 cm³/mol. The second-order valence-corrected chi connectivity index (χ2v) is 9.46. The first-order valence-electron chi connectivity index (χ1n) is 9.80. The fourth-order valence-electron chi connectivity index (χ4n) is 3.76. The summed E-state index contributed by atoms with van der Waals surface area (Å²) in [6.07, 6.45) is 1.61. The molecule has 2 heterocycles. The van der Waals surface area contributed by atoms with Gasteiger partial charge in [0.15, 0.2) is 5.11 Å². The predicted octanol–water partition coefficient (Wildman–Crippen LogP) is 5.49. The first kappa shape index (κ1) is 22.7. The van der Waals surface area contributed by atoms with E-state index in [0.717, 1.165) is 22.6 Å². The number of benzene rings is 2. The number of hydrogen-bond acceptors (Lipinski definition) is 3. The highest BCUT2D eigenvalue weighted by molar-refractivity contribution is 14.1.